The van der Waals surface area contributed by atoms with Crippen LogP contribution in [0.25, 0.3) is 0 Å². The predicted octanol–water partition coefficient (Wildman–Crippen LogP) is 2.35. The third kappa shape index (κ3) is 2.78. The molecule has 2 aliphatic rings. The first-order valence-corrected chi connectivity index (χ1v) is 6.99. The van der Waals surface area contributed by atoms with Gasteiger partial charge in [-0.15, -0.1) is 0 Å². The zero-order chi connectivity index (χ0) is 11.7. The first-order chi connectivity index (χ1) is 7.61. The van der Waals surface area contributed by atoms with Crippen LogP contribution in [0, 0.1) is 17.8 Å². The van der Waals surface area contributed by atoms with Crippen molar-refractivity contribution in [3.8, 4) is 0 Å². The van der Waals surface area contributed by atoms with E-state index in [1.807, 2.05) is 0 Å². The molecule has 2 nitrogen and oxygen atoms in total. The number of hydrogen-bond donors (Lipinski definition) is 1. The average molecular weight is 224 g/mol. The van der Waals surface area contributed by atoms with Crippen LogP contribution in [0.4, 0.5) is 0 Å². The zero-order valence-electron chi connectivity index (χ0n) is 11.4. The molecule has 94 valence electrons. The third-order valence-electron chi connectivity index (χ3n) is 4.72. The largest absolute Gasteiger partial charge is 0.317 e. The standard InChI is InChI=1S/C14H28N2/c1-10-7-11(2)13(14(8-10)15-3)9-16(4)12-5-6-12/h10-15H,5-9H2,1-4H3. The maximum atomic E-state index is 3.55. The van der Waals surface area contributed by atoms with Gasteiger partial charge in [-0.25, -0.2) is 0 Å². The fourth-order valence-corrected chi connectivity index (χ4v) is 3.55. The molecular formula is C14H28N2. The van der Waals surface area contributed by atoms with Crippen LogP contribution in [-0.2, 0) is 0 Å². The van der Waals surface area contributed by atoms with Crippen molar-refractivity contribution in [2.45, 2.75) is 51.6 Å². The van der Waals surface area contributed by atoms with E-state index in [0.29, 0.717) is 0 Å². The molecule has 0 radical (unpaired) electrons. The Hall–Kier alpha value is -0.0800. The Morgan fingerprint density at radius 3 is 2.44 bits per heavy atom. The van der Waals surface area contributed by atoms with Gasteiger partial charge in [-0.1, -0.05) is 13.8 Å². The molecule has 0 saturated heterocycles. The van der Waals surface area contributed by atoms with Crippen molar-refractivity contribution in [2.75, 3.05) is 20.6 Å². The highest BCUT2D eigenvalue weighted by molar-refractivity contribution is 4.91. The summed E-state index contributed by atoms with van der Waals surface area (Å²) in [6.07, 6.45) is 5.64. The van der Waals surface area contributed by atoms with Crippen LogP contribution in [0.3, 0.4) is 0 Å². The Morgan fingerprint density at radius 1 is 1.19 bits per heavy atom. The molecule has 0 aromatic rings. The molecular weight excluding hydrogens is 196 g/mol. The van der Waals surface area contributed by atoms with Crippen LogP contribution in [0.5, 0.6) is 0 Å². The van der Waals surface area contributed by atoms with E-state index in [1.165, 1.54) is 32.2 Å². The highest BCUT2D eigenvalue weighted by Crippen LogP contribution is 2.36. The number of rotatable bonds is 4. The van der Waals surface area contributed by atoms with Crippen LogP contribution in [0.15, 0.2) is 0 Å². The molecule has 0 amide bonds. The van der Waals surface area contributed by atoms with Gasteiger partial charge in [0.1, 0.15) is 0 Å². The Balaban J connectivity index is 1.92. The summed E-state index contributed by atoms with van der Waals surface area (Å²) in [5, 5.41) is 3.55. The summed E-state index contributed by atoms with van der Waals surface area (Å²) in [6, 6.07) is 1.64. The van der Waals surface area contributed by atoms with E-state index in [0.717, 1.165) is 29.8 Å². The first-order valence-electron chi connectivity index (χ1n) is 6.99. The van der Waals surface area contributed by atoms with Gasteiger partial charge >= 0.3 is 0 Å². The van der Waals surface area contributed by atoms with Gasteiger partial charge < -0.3 is 10.2 Å². The smallest absolute Gasteiger partial charge is 0.0110 e. The van der Waals surface area contributed by atoms with Gasteiger partial charge in [-0.05, 0) is 57.5 Å². The normalized spacial score (nSPS) is 40.3. The molecule has 0 bridgehead atoms. The molecule has 0 spiro atoms. The monoisotopic (exact) mass is 224 g/mol. The summed E-state index contributed by atoms with van der Waals surface area (Å²) in [5.74, 6) is 2.63. The van der Waals surface area contributed by atoms with Crippen LogP contribution >= 0.6 is 0 Å². The second-order valence-electron chi connectivity index (χ2n) is 6.28. The van der Waals surface area contributed by atoms with E-state index in [9.17, 15) is 0 Å². The predicted molar refractivity (Wildman–Crippen MR) is 69.6 cm³/mol. The van der Waals surface area contributed by atoms with Crippen molar-refractivity contribution in [1.82, 2.24) is 10.2 Å². The van der Waals surface area contributed by atoms with Gasteiger partial charge in [-0.3, -0.25) is 0 Å². The van der Waals surface area contributed by atoms with E-state index in [1.54, 1.807) is 0 Å². The topological polar surface area (TPSA) is 15.3 Å². The Labute approximate surface area is 101 Å². The molecule has 2 rings (SSSR count). The van der Waals surface area contributed by atoms with Crippen molar-refractivity contribution in [1.29, 1.82) is 0 Å². The quantitative estimate of drug-likeness (QED) is 0.788. The molecule has 0 aliphatic heterocycles. The highest BCUT2D eigenvalue weighted by Gasteiger charge is 2.36. The molecule has 16 heavy (non-hydrogen) atoms. The minimum Gasteiger partial charge on any atom is -0.317 e. The lowest BCUT2D eigenvalue weighted by atomic mass is 9.72. The number of nitrogens with zero attached hydrogens (tertiary/aromatic N) is 1. The van der Waals surface area contributed by atoms with Crippen LogP contribution in [0.2, 0.25) is 0 Å². The van der Waals surface area contributed by atoms with E-state index in [2.05, 4.69) is 38.2 Å². The lowest BCUT2D eigenvalue weighted by molar-refractivity contribution is 0.113. The fourth-order valence-electron chi connectivity index (χ4n) is 3.55. The third-order valence-corrected chi connectivity index (χ3v) is 4.72. The van der Waals surface area contributed by atoms with Crippen LogP contribution < -0.4 is 5.32 Å². The molecule has 2 heteroatoms. The summed E-state index contributed by atoms with van der Waals surface area (Å²) < 4.78 is 0. The van der Waals surface area contributed by atoms with Gasteiger partial charge in [0.15, 0.2) is 0 Å². The second kappa shape index (κ2) is 5.05. The molecule has 2 fully saturated rings. The molecule has 2 aliphatic carbocycles. The van der Waals surface area contributed by atoms with Gasteiger partial charge in [0.05, 0.1) is 0 Å². The summed E-state index contributed by atoms with van der Waals surface area (Å²) >= 11 is 0. The fraction of sp³-hybridized carbons (Fsp3) is 1.00. The van der Waals surface area contributed by atoms with Gasteiger partial charge in [0, 0.05) is 18.6 Å². The lowest BCUT2D eigenvalue weighted by Gasteiger charge is -2.41. The minimum absolute atomic E-state index is 0.736. The zero-order valence-corrected chi connectivity index (χ0v) is 11.4. The number of nitrogens with one attached hydrogen (secondary N) is 1. The molecule has 0 aromatic carbocycles. The molecule has 4 unspecified atom stereocenters. The SMILES string of the molecule is CNC1CC(C)CC(C)C1CN(C)C1CC1. The first kappa shape index (κ1) is 12.4. The van der Waals surface area contributed by atoms with Gasteiger partial charge in [0.25, 0.3) is 0 Å². The number of hydrogen-bond acceptors (Lipinski definition) is 2. The van der Waals surface area contributed by atoms with E-state index >= 15 is 0 Å². The Bertz CT molecular complexity index is 225. The van der Waals surface area contributed by atoms with Crippen LogP contribution in [-0.4, -0.2) is 37.6 Å². The van der Waals surface area contributed by atoms with E-state index < -0.39 is 0 Å². The van der Waals surface area contributed by atoms with Crippen molar-refractivity contribution in [3.05, 3.63) is 0 Å². The van der Waals surface area contributed by atoms with Gasteiger partial charge in [0.2, 0.25) is 0 Å². The maximum absolute atomic E-state index is 3.55. The van der Waals surface area contributed by atoms with Crippen molar-refractivity contribution in [2.24, 2.45) is 17.8 Å². The molecule has 0 heterocycles. The molecule has 4 atom stereocenters. The Morgan fingerprint density at radius 2 is 1.88 bits per heavy atom. The summed E-state index contributed by atoms with van der Waals surface area (Å²) in [5.41, 5.74) is 0. The lowest BCUT2D eigenvalue weighted by Crippen LogP contribution is -2.47. The summed E-state index contributed by atoms with van der Waals surface area (Å²) in [7, 11) is 4.45. The van der Waals surface area contributed by atoms with E-state index in [4.69, 9.17) is 0 Å². The molecule has 1 N–H and O–H groups in total. The molecule has 0 aromatic heterocycles. The summed E-state index contributed by atoms with van der Waals surface area (Å²) in [4.78, 5) is 2.60. The van der Waals surface area contributed by atoms with E-state index in [-0.39, 0.29) is 0 Å². The maximum Gasteiger partial charge on any atom is 0.0110 e. The van der Waals surface area contributed by atoms with Gasteiger partial charge in [-0.2, -0.15) is 0 Å². The highest BCUT2D eigenvalue weighted by atomic mass is 15.2. The van der Waals surface area contributed by atoms with Crippen molar-refractivity contribution >= 4 is 0 Å². The summed E-state index contributed by atoms with van der Waals surface area (Å²) in [6.45, 7) is 6.15. The van der Waals surface area contributed by atoms with Crippen LogP contribution in [0.1, 0.15) is 39.5 Å². The average Bonchev–Trinajstić information content (AvgIpc) is 3.04. The minimum atomic E-state index is 0.736. The van der Waals surface area contributed by atoms with Crippen molar-refractivity contribution < 1.29 is 0 Å². The molecule has 2 saturated carbocycles. The Kier molecular flexibility index (Phi) is 3.91. The van der Waals surface area contributed by atoms with Crippen molar-refractivity contribution in [3.63, 3.8) is 0 Å². The second-order valence-corrected chi connectivity index (χ2v) is 6.28.